The Kier molecular flexibility index (Phi) is 3.08. The SMILES string of the molecule is N#CC([S])C1CCCCC1. The molecule has 0 spiro atoms. The largest absolute Gasteiger partial charge is 0.197 e. The molecule has 1 rings (SSSR count). The Bertz CT molecular complexity index is 133. The predicted octanol–water partition coefficient (Wildman–Crippen LogP) is 2.66. The van der Waals surface area contributed by atoms with E-state index in [4.69, 9.17) is 17.9 Å². The fourth-order valence-electron chi connectivity index (χ4n) is 1.54. The number of rotatable bonds is 1. The van der Waals surface area contributed by atoms with Crippen LogP contribution in [0.1, 0.15) is 32.1 Å². The molecule has 1 unspecified atom stereocenters. The summed E-state index contributed by atoms with van der Waals surface area (Å²) in [6, 6.07) is 2.15. The fraction of sp³-hybridized carbons (Fsp3) is 0.875. The molecule has 1 aliphatic rings. The molecule has 1 saturated carbocycles. The van der Waals surface area contributed by atoms with Crippen molar-refractivity contribution in [2.45, 2.75) is 37.4 Å². The third kappa shape index (κ3) is 1.91. The van der Waals surface area contributed by atoms with Crippen molar-refractivity contribution >= 4 is 12.6 Å². The molecule has 1 fully saturated rings. The first kappa shape index (κ1) is 7.94. The van der Waals surface area contributed by atoms with Crippen LogP contribution in [0.15, 0.2) is 0 Å². The van der Waals surface area contributed by atoms with Crippen LogP contribution in [-0.4, -0.2) is 5.25 Å². The van der Waals surface area contributed by atoms with E-state index < -0.39 is 0 Å². The molecule has 0 heterocycles. The van der Waals surface area contributed by atoms with Crippen LogP contribution in [0, 0.1) is 17.2 Å². The van der Waals surface area contributed by atoms with Crippen LogP contribution < -0.4 is 0 Å². The minimum atomic E-state index is -0.125. The normalized spacial score (nSPS) is 23.6. The maximum Gasteiger partial charge on any atom is 0.105 e. The highest BCUT2D eigenvalue weighted by Gasteiger charge is 2.20. The third-order valence-electron chi connectivity index (χ3n) is 2.21. The van der Waals surface area contributed by atoms with Crippen molar-refractivity contribution < 1.29 is 0 Å². The molecule has 0 amide bonds. The van der Waals surface area contributed by atoms with Gasteiger partial charge in [0.05, 0.1) is 6.07 Å². The van der Waals surface area contributed by atoms with Gasteiger partial charge in [0.25, 0.3) is 0 Å². The van der Waals surface area contributed by atoms with E-state index in [1.54, 1.807) is 0 Å². The molecule has 0 aromatic carbocycles. The number of hydrogen-bond acceptors (Lipinski definition) is 1. The van der Waals surface area contributed by atoms with E-state index in [0.29, 0.717) is 5.92 Å². The summed E-state index contributed by atoms with van der Waals surface area (Å²) in [7, 11) is 0. The Morgan fingerprint density at radius 3 is 2.40 bits per heavy atom. The van der Waals surface area contributed by atoms with Gasteiger partial charge in [-0.3, -0.25) is 0 Å². The number of nitrogens with zero attached hydrogens (tertiary/aromatic N) is 1. The van der Waals surface area contributed by atoms with Gasteiger partial charge in [0.15, 0.2) is 0 Å². The van der Waals surface area contributed by atoms with E-state index in [2.05, 4.69) is 6.07 Å². The van der Waals surface area contributed by atoms with Crippen molar-refractivity contribution in [1.29, 1.82) is 5.26 Å². The molecule has 0 bridgehead atoms. The second-order valence-corrected chi connectivity index (χ2v) is 3.46. The molecular weight excluding hydrogens is 142 g/mol. The Hall–Kier alpha value is -0.160. The molecule has 0 saturated heterocycles. The highest BCUT2D eigenvalue weighted by atomic mass is 32.1. The molecule has 1 aliphatic carbocycles. The maximum atomic E-state index is 8.53. The van der Waals surface area contributed by atoms with Gasteiger partial charge in [-0.2, -0.15) is 5.26 Å². The summed E-state index contributed by atoms with van der Waals surface area (Å²) in [5, 5.41) is 8.41. The van der Waals surface area contributed by atoms with Gasteiger partial charge in [0.1, 0.15) is 5.25 Å². The van der Waals surface area contributed by atoms with E-state index in [0.717, 1.165) is 0 Å². The van der Waals surface area contributed by atoms with Gasteiger partial charge < -0.3 is 0 Å². The average Bonchev–Trinajstić information content (AvgIpc) is 2.05. The van der Waals surface area contributed by atoms with Crippen molar-refractivity contribution in [3.05, 3.63) is 0 Å². The van der Waals surface area contributed by atoms with Gasteiger partial charge in [-0.15, -0.1) is 0 Å². The maximum absolute atomic E-state index is 8.53. The van der Waals surface area contributed by atoms with E-state index in [9.17, 15) is 0 Å². The molecule has 0 aromatic heterocycles. The molecule has 1 radical (unpaired) electrons. The number of nitriles is 1. The van der Waals surface area contributed by atoms with Crippen molar-refractivity contribution in [3.63, 3.8) is 0 Å². The lowest BCUT2D eigenvalue weighted by Gasteiger charge is -2.21. The van der Waals surface area contributed by atoms with Crippen LogP contribution in [0.4, 0.5) is 0 Å². The van der Waals surface area contributed by atoms with Gasteiger partial charge in [-0.1, -0.05) is 31.9 Å². The van der Waals surface area contributed by atoms with Crippen molar-refractivity contribution in [2.24, 2.45) is 5.92 Å². The highest BCUT2D eigenvalue weighted by Crippen LogP contribution is 2.28. The molecule has 0 aliphatic heterocycles. The van der Waals surface area contributed by atoms with E-state index in [-0.39, 0.29) is 5.25 Å². The van der Waals surface area contributed by atoms with Crippen LogP contribution in [0.25, 0.3) is 0 Å². The summed E-state index contributed by atoms with van der Waals surface area (Å²) in [6.07, 6.45) is 6.26. The van der Waals surface area contributed by atoms with Gasteiger partial charge >= 0.3 is 0 Å². The van der Waals surface area contributed by atoms with Gasteiger partial charge in [0.2, 0.25) is 0 Å². The summed E-state index contributed by atoms with van der Waals surface area (Å²) in [5.74, 6) is 0.522. The Morgan fingerprint density at radius 1 is 1.30 bits per heavy atom. The summed E-state index contributed by atoms with van der Waals surface area (Å²) in [5.41, 5.74) is 0. The summed E-state index contributed by atoms with van der Waals surface area (Å²) < 4.78 is 0. The first-order chi connectivity index (χ1) is 4.84. The zero-order valence-corrected chi connectivity index (χ0v) is 6.86. The second-order valence-electron chi connectivity index (χ2n) is 2.95. The molecular formula is C8H12NS. The lowest BCUT2D eigenvalue weighted by Crippen LogP contribution is -2.16. The van der Waals surface area contributed by atoms with E-state index in [1.165, 1.54) is 32.1 Å². The van der Waals surface area contributed by atoms with Crippen molar-refractivity contribution in [3.8, 4) is 6.07 Å². The Balaban J connectivity index is 2.33. The van der Waals surface area contributed by atoms with Crippen LogP contribution >= 0.6 is 12.6 Å². The number of hydrogen-bond donors (Lipinski definition) is 0. The first-order valence-corrected chi connectivity index (χ1v) is 4.37. The molecule has 1 atom stereocenters. The molecule has 1 nitrogen and oxygen atoms in total. The smallest absolute Gasteiger partial charge is 0.105 e. The first-order valence-electron chi connectivity index (χ1n) is 3.90. The van der Waals surface area contributed by atoms with Crippen LogP contribution in [0.2, 0.25) is 0 Å². The standard InChI is InChI=1S/C8H12NS/c9-6-8(10)7-4-2-1-3-5-7/h7-8H,1-5H2. The molecule has 0 N–H and O–H groups in total. The van der Waals surface area contributed by atoms with E-state index >= 15 is 0 Å². The fourth-order valence-corrected chi connectivity index (χ4v) is 1.81. The van der Waals surface area contributed by atoms with Crippen LogP contribution in [0.3, 0.4) is 0 Å². The van der Waals surface area contributed by atoms with Gasteiger partial charge in [-0.25, -0.2) is 0 Å². The van der Waals surface area contributed by atoms with E-state index in [1.807, 2.05) is 0 Å². The minimum Gasteiger partial charge on any atom is -0.197 e. The van der Waals surface area contributed by atoms with Gasteiger partial charge in [-0.05, 0) is 18.8 Å². The Morgan fingerprint density at radius 2 is 1.90 bits per heavy atom. The van der Waals surface area contributed by atoms with Gasteiger partial charge in [0, 0.05) is 0 Å². The zero-order valence-electron chi connectivity index (χ0n) is 6.05. The van der Waals surface area contributed by atoms with Crippen LogP contribution in [-0.2, 0) is 0 Å². The van der Waals surface area contributed by atoms with Crippen LogP contribution in [0.5, 0.6) is 0 Å². The Labute approximate surface area is 67.8 Å². The summed E-state index contributed by atoms with van der Waals surface area (Å²) >= 11 is 5.00. The van der Waals surface area contributed by atoms with Crippen molar-refractivity contribution in [1.82, 2.24) is 0 Å². The quantitative estimate of drug-likeness (QED) is 0.569. The molecule has 2 heteroatoms. The predicted molar refractivity (Wildman–Crippen MR) is 43.6 cm³/mol. The second kappa shape index (κ2) is 3.88. The molecule has 0 aromatic rings. The topological polar surface area (TPSA) is 23.8 Å². The van der Waals surface area contributed by atoms with Crippen molar-refractivity contribution in [2.75, 3.05) is 0 Å². The zero-order chi connectivity index (χ0) is 7.40. The lowest BCUT2D eigenvalue weighted by atomic mass is 9.87. The molecule has 10 heavy (non-hydrogen) atoms. The lowest BCUT2D eigenvalue weighted by molar-refractivity contribution is 0.371. The monoisotopic (exact) mass is 154 g/mol. The summed E-state index contributed by atoms with van der Waals surface area (Å²) in [4.78, 5) is 0. The minimum absolute atomic E-state index is 0.125. The average molecular weight is 154 g/mol. The highest BCUT2D eigenvalue weighted by molar-refractivity contribution is 7.81. The third-order valence-corrected chi connectivity index (χ3v) is 2.70. The molecule has 55 valence electrons. The summed E-state index contributed by atoms with van der Waals surface area (Å²) in [6.45, 7) is 0.